The second-order valence-corrected chi connectivity index (χ2v) is 5.39. The molecule has 0 aliphatic carbocycles. The molecular weight excluding hydrogens is 232 g/mol. The van der Waals surface area contributed by atoms with Gasteiger partial charge in [0, 0.05) is 0 Å². The molecule has 5 heteroatoms. The Morgan fingerprint density at radius 3 is 2.44 bits per heavy atom. The molecule has 0 bridgehead atoms. The van der Waals surface area contributed by atoms with Crippen LogP contribution < -0.4 is 11.1 Å². The zero-order valence-electron chi connectivity index (χ0n) is 11.9. The van der Waals surface area contributed by atoms with Gasteiger partial charge in [0.2, 0.25) is 5.91 Å². The lowest BCUT2D eigenvalue weighted by Crippen LogP contribution is -2.57. The fourth-order valence-electron chi connectivity index (χ4n) is 2.36. The van der Waals surface area contributed by atoms with Gasteiger partial charge in [-0.15, -0.1) is 0 Å². The van der Waals surface area contributed by atoms with Gasteiger partial charge >= 0.3 is 0 Å². The summed E-state index contributed by atoms with van der Waals surface area (Å²) in [4.78, 5) is 11.5. The molecule has 0 radical (unpaired) electrons. The zero-order chi connectivity index (χ0) is 13.8. The molecule has 3 unspecified atom stereocenters. The summed E-state index contributed by atoms with van der Waals surface area (Å²) in [5.41, 5.74) is 4.63. The first-order valence-electron chi connectivity index (χ1n) is 6.69. The molecule has 106 valence electrons. The molecule has 1 amide bonds. The molecule has 0 aromatic heterocycles. The van der Waals surface area contributed by atoms with E-state index in [9.17, 15) is 4.79 Å². The number of nitrogens with one attached hydrogen (secondary N) is 1. The van der Waals surface area contributed by atoms with Crippen molar-refractivity contribution in [2.45, 2.75) is 64.4 Å². The normalized spacial score (nSPS) is 31.9. The van der Waals surface area contributed by atoms with Crippen molar-refractivity contribution in [3.63, 3.8) is 0 Å². The van der Waals surface area contributed by atoms with Crippen LogP contribution in [-0.4, -0.2) is 42.9 Å². The molecule has 0 aromatic carbocycles. The molecule has 0 aromatic rings. The SMILES string of the molecule is CCNC(C)(COC1CC(C)OC(C)C1)C(N)=O. The van der Waals surface area contributed by atoms with E-state index in [1.165, 1.54) is 0 Å². The monoisotopic (exact) mass is 258 g/mol. The van der Waals surface area contributed by atoms with Gasteiger partial charge in [-0.2, -0.15) is 0 Å². The maximum absolute atomic E-state index is 11.5. The van der Waals surface area contributed by atoms with Gasteiger partial charge in [0.25, 0.3) is 0 Å². The lowest BCUT2D eigenvalue weighted by molar-refractivity contribution is -0.133. The predicted molar refractivity (Wildman–Crippen MR) is 70.3 cm³/mol. The van der Waals surface area contributed by atoms with Crippen LogP contribution in [0.1, 0.15) is 40.5 Å². The molecule has 1 aliphatic heterocycles. The Kier molecular flexibility index (Phi) is 5.56. The minimum atomic E-state index is -0.792. The fourth-order valence-corrected chi connectivity index (χ4v) is 2.36. The highest BCUT2D eigenvalue weighted by Crippen LogP contribution is 2.22. The van der Waals surface area contributed by atoms with E-state index >= 15 is 0 Å². The Bertz CT molecular complexity index is 275. The van der Waals surface area contributed by atoms with E-state index in [0.29, 0.717) is 13.2 Å². The highest BCUT2D eigenvalue weighted by molar-refractivity contribution is 5.84. The van der Waals surface area contributed by atoms with E-state index in [1.54, 1.807) is 6.92 Å². The van der Waals surface area contributed by atoms with Crippen molar-refractivity contribution >= 4 is 5.91 Å². The molecule has 1 heterocycles. The third-order valence-corrected chi connectivity index (χ3v) is 3.37. The number of hydrogen-bond donors (Lipinski definition) is 2. The third-order valence-electron chi connectivity index (χ3n) is 3.37. The van der Waals surface area contributed by atoms with Gasteiger partial charge in [-0.05, 0) is 40.2 Å². The molecule has 3 atom stereocenters. The smallest absolute Gasteiger partial charge is 0.239 e. The van der Waals surface area contributed by atoms with Crippen molar-refractivity contribution in [3.8, 4) is 0 Å². The number of primary amides is 1. The Hall–Kier alpha value is -0.650. The number of rotatable bonds is 6. The molecule has 0 saturated carbocycles. The van der Waals surface area contributed by atoms with Crippen LogP contribution in [0.2, 0.25) is 0 Å². The lowest BCUT2D eigenvalue weighted by Gasteiger charge is -2.35. The first-order valence-corrected chi connectivity index (χ1v) is 6.69. The summed E-state index contributed by atoms with van der Waals surface area (Å²) in [5, 5.41) is 3.09. The molecule has 18 heavy (non-hydrogen) atoms. The van der Waals surface area contributed by atoms with Gasteiger partial charge in [-0.1, -0.05) is 6.92 Å². The topological polar surface area (TPSA) is 73.6 Å². The predicted octanol–water partition coefficient (Wildman–Crippen LogP) is 0.813. The summed E-state index contributed by atoms with van der Waals surface area (Å²) in [6.45, 7) is 8.81. The van der Waals surface area contributed by atoms with E-state index < -0.39 is 5.54 Å². The minimum absolute atomic E-state index is 0.140. The highest BCUT2D eigenvalue weighted by atomic mass is 16.5. The summed E-state index contributed by atoms with van der Waals surface area (Å²) < 4.78 is 11.5. The van der Waals surface area contributed by atoms with Crippen molar-refractivity contribution in [1.29, 1.82) is 0 Å². The quantitative estimate of drug-likeness (QED) is 0.739. The Morgan fingerprint density at radius 1 is 1.44 bits per heavy atom. The van der Waals surface area contributed by atoms with Crippen molar-refractivity contribution in [1.82, 2.24) is 5.32 Å². The summed E-state index contributed by atoms with van der Waals surface area (Å²) >= 11 is 0. The molecule has 1 rings (SSSR count). The highest BCUT2D eigenvalue weighted by Gasteiger charge is 2.33. The van der Waals surface area contributed by atoms with Crippen LogP contribution in [0, 0.1) is 0 Å². The third kappa shape index (κ3) is 4.23. The van der Waals surface area contributed by atoms with Crippen LogP contribution in [-0.2, 0) is 14.3 Å². The van der Waals surface area contributed by atoms with Crippen LogP contribution in [0.5, 0.6) is 0 Å². The average Bonchev–Trinajstić information content (AvgIpc) is 2.25. The first-order chi connectivity index (χ1) is 8.37. The number of hydrogen-bond acceptors (Lipinski definition) is 4. The number of amides is 1. The van der Waals surface area contributed by atoms with E-state index in [0.717, 1.165) is 12.8 Å². The molecule has 1 fully saturated rings. The summed E-state index contributed by atoms with van der Waals surface area (Å²) in [7, 11) is 0. The van der Waals surface area contributed by atoms with Crippen molar-refractivity contribution in [3.05, 3.63) is 0 Å². The van der Waals surface area contributed by atoms with E-state index in [1.807, 2.05) is 20.8 Å². The van der Waals surface area contributed by atoms with Crippen molar-refractivity contribution in [2.75, 3.05) is 13.2 Å². The minimum Gasteiger partial charge on any atom is -0.376 e. The van der Waals surface area contributed by atoms with Gasteiger partial charge in [-0.3, -0.25) is 4.79 Å². The molecule has 1 saturated heterocycles. The molecule has 1 aliphatic rings. The fraction of sp³-hybridized carbons (Fsp3) is 0.923. The van der Waals surface area contributed by atoms with Crippen molar-refractivity contribution in [2.24, 2.45) is 5.73 Å². The number of likely N-dealkylation sites (N-methyl/N-ethyl adjacent to an activating group) is 1. The average molecular weight is 258 g/mol. The molecule has 0 spiro atoms. The first kappa shape index (κ1) is 15.4. The standard InChI is InChI=1S/C13H26N2O3/c1-5-15-13(4,12(14)16)8-17-11-6-9(2)18-10(3)7-11/h9-11,15H,5-8H2,1-4H3,(H2,14,16). The number of carbonyl (C=O) groups excluding carboxylic acids is 1. The van der Waals surface area contributed by atoms with E-state index in [-0.39, 0.29) is 24.2 Å². The Morgan fingerprint density at radius 2 is 2.00 bits per heavy atom. The Labute approximate surface area is 109 Å². The van der Waals surface area contributed by atoms with Crippen LogP contribution in [0.3, 0.4) is 0 Å². The van der Waals surface area contributed by atoms with Gasteiger partial charge in [0.1, 0.15) is 5.54 Å². The van der Waals surface area contributed by atoms with Gasteiger partial charge in [-0.25, -0.2) is 0 Å². The number of carbonyl (C=O) groups is 1. The van der Waals surface area contributed by atoms with E-state index in [4.69, 9.17) is 15.2 Å². The molecular formula is C13H26N2O3. The zero-order valence-corrected chi connectivity index (χ0v) is 11.9. The van der Waals surface area contributed by atoms with Crippen LogP contribution in [0.25, 0.3) is 0 Å². The molecule has 3 N–H and O–H groups in total. The van der Waals surface area contributed by atoms with Gasteiger partial charge in [0.15, 0.2) is 0 Å². The maximum Gasteiger partial charge on any atom is 0.239 e. The summed E-state index contributed by atoms with van der Waals surface area (Å²) in [6.07, 6.45) is 2.29. The largest absolute Gasteiger partial charge is 0.376 e. The number of nitrogens with two attached hydrogens (primary N) is 1. The second-order valence-electron chi connectivity index (χ2n) is 5.39. The van der Waals surface area contributed by atoms with Crippen molar-refractivity contribution < 1.29 is 14.3 Å². The van der Waals surface area contributed by atoms with Crippen LogP contribution >= 0.6 is 0 Å². The lowest BCUT2D eigenvalue weighted by atomic mass is 10.0. The second kappa shape index (κ2) is 6.50. The molecule has 5 nitrogen and oxygen atoms in total. The summed E-state index contributed by atoms with van der Waals surface area (Å²) in [5.74, 6) is -0.377. The maximum atomic E-state index is 11.5. The Balaban J connectivity index is 2.49. The summed E-state index contributed by atoms with van der Waals surface area (Å²) in [6, 6.07) is 0. The number of ether oxygens (including phenoxy) is 2. The van der Waals surface area contributed by atoms with E-state index in [2.05, 4.69) is 5.32 Å². The van der Waals surface area contributed by atoms with Gasteiger partial charge in [0.05, 0.1) is 24.9 Å². The van der Waals surface area contributed by atoms with Gasteiger partial charge < -0.3 is 20.5 Å². The van der Waals surface area contributed by atoms with Crippen LogP contribution in [0.4, 0.5) is 0 Å². The van der Waals surface area contributed by atoms with Crippen LogP contribution in [0.15, 0.2) is 0 Å².